The summed E-state index contributed by atoms with van der Waals surface area (Å²) >= 11 is 1.84. The van der Waals surface area contributed by atoms with Crippen molar-refractivity contribution in [2.45, 2.75) is 108 Å². The van der Waals surface area contributed by atoms with Gasteiger partial charge < -0.3 is 14.0 Å². The Bertz CT molecular complexity index is 1030. The van der Waals surface area contributed by atoms with E-state index >= 15 is 0 Å². The molecule has 3 aliphatic heterocycles. The summed E-state index contributed by atoms with van der Waals surface area (Å²) in [5, 5.41) is 0.444. The third-order valence-electron chi connectivity index (χ3n) is 10.0. The Labute approximate surface area is 222 Å². The lowest BCUT2D eigenvalue weighted by molar-refractivity contribution is -0.150. The van der Waals surface area contributed by atoms with Crippen LogP contribution in [-0.4, -0.2) is 42.7 Å². The highest BCUT2D eigenvalue weighted by atomic mass is 32.2. The second-order valence-corrected chi connectivity index (χ2v) is 13.4. The largest absolute Gasteiger partial charge is 0.477 e. The molecule has 5 fully saturated rings. The smallest absolute Gasteiger partial charge is 0.405 e. The van der Waals surface area contributed by atoms with Crippen LogP contribution in [0.2, 0.25) is 0 Å². The van der Waals surface area contributed by atoms with Crippen LogP contribution >= 0.6 is 11.9 Å². The first-order chi connectivity index (χ1) is 17.4. The van der Waals surface area contributed by atoms with Crippen LogP contribution in [-0.2, 0) is 14.0 Å². The SMILES string of the molecule is C/C=C(/C[C@H](NSC1CC2C=CC1O2)B1OC2CC3CC(C2O1)C3(C)C)c1ccccc1C(C)CC. The minimum absolute atomic E-state index is 0.0835. The van der Waals surface area contributed by atoms with Gasteiger partial charge >= 0.3 is 7.12 Å². The molecule has 0 aromatic heterocycles. The fourth-order valence-electron chi connectivity index (χ4n) is 7.33. The van der Waals surface area contributed by atoms with E-state index in [0.717, 1.165) is 31.6 Å². The molecule has 3 aliphatic carbocycles. The van der Waals surface area contributed by atoms with Crippen LogP contribution in [0.15, 0.2) is 42.5 Å². The molecule has 6 aliphatic rings. The quantitative estimate of drug-likeness (QED) is 0.233. The third kappa shape index (κ3) is 4.35. The molecule has 1 aromatic rings. The number of hydrogen-bond donors (Lipinski definition) is 1. The molecule has 4 bridgehead atoms. The van der Waals surface area contributed by atoms with Gasteiger partial charge in [0.15, 0.2) is 0 Å². The molecular formula is C30H42BNO3S. The molecule has 1 aromatic carbocycles. The molecule has 0 radical (unpaired) electrons. The van der Waals surface area contributed by atoms with Crippen molar-refractivity contribution in [2.24, 2.45) is 17.3 Å². The summed E-state index contributed by atoms with van der Waals surface area (Å²) in [4.78, 5) is 0. The average Bonchev–Trinajstić information content (AvgIpc) is 3.64. The zero-order chi connectivity index (χ0) is 25.0. The van der Waals surface area contributed by atoms with Gasteiger partial charge in [0.25, 0.3) is 0 Å². The molecule has 6 heteroatoms. The van der Waals surface area contributed by atoms with Crippen molar-refractivity contribution in [2.75, 3.05) is 0 Å². The first-order valence-corrected chi connectivity index (χ1v) is 15.1. The van der Waals surface area contributed by atoms with Gasteiger partial charge in [-0.15, -0.1) is 0 Å². The van der Waals surface area contributed by atoms with Gasteiger partial charge in [0.2, 0.25) is 0 Å². The zero-order valence-corrected chi connectivity index (χ0v) is 23.3. The summed E-state index contributed by atoms with van der Waals surface area (Å²) < 4.78 is 23.4. The van der Waals surface area contributed by atoms with Crippen molar-refractivity contribution in [3.8, 4) is 0 Å². The van der Waals surface area contributed by atoms with Gasteiger partial charge in [-0.3, -0.25) is 4.72 Å². The summed E-state index contributed by atoms with van der Waals surface area (Å²) in [5.74, 6) is 2.01. The molecule has 7 rings (SSSR count). The molecule has 194 valence electrons. The zero-order valence-electron chi connectivity index (χ0n) is 22.5. The molecule has 8 unspecified atom stereocenters. The molecule has 2 saturated heterocycles. The highest BCUT2D eigenvalue weighted by molar-refractivity contribution is 7.98. The standard InChI is InChI=1S/C30H42BNO3S/c1-6-18(3)22-10-8-9-11-23(22)19(7-2)14-28(32-36-27-17-21-12-13-25(27)33-21)31-34-26-16-20-15-24(29(26)35-31)30(20,4)5/h7-13,18,20-21,24-29,32H,6,14-17H2,1-5H3/b19-7-/t18?,20?,21?,24?,25?,26?,27?,28-,29?/m0/s1. The van der Waals surface area contributed by atoms with Gasteiger partial charge in [-0.1, -0.05) is 82.1 Å². The number of ether oxygens (including phenoxy) is 1. The average molecular weight is 508 g/mol. The molecule has 36 heavy (non-hydrogen) atoms. The predicted molar refractivity (Wildman–Crippen MR) is 150 cm³/mol. The number of benzene rings is 1. The monoisotopic (exact) mass is 507 g/mol. The van der Waals surface area contributed by atoms with Crippen molar-refractivity contribution >= 4 is 24.6 Å². The lowest BCUT2D eigenvalue weighted by Gasteiger charge is -2.60. The maximum absolute atomic E-state index is 6.80. The van der Waals surface area contributed by atoms with Crippen LogP contribution in [0.1, 0.15) is 83.8 Å². The van der Waals surface area contributed by atoms with Crippen molar-refractivity contribution in [3.63, 3.8) is 0 Å². The van der Waals surface area contributed by atoms with Gasteiger partial charge in [0.1, 0.15) is 0 Å². The summed E-state index contributed by atoms with van der Waals surface area (Å²) in [5.41, 5.74) is 4.57. The highest BCUT2D eigenvalue weighted by Crippen LogP contribution is 2.61. The van der Waals surface area contributed by atoms with E-state index in [4.69, 9.17) is 14.0 Å². The Balaban J connectivity index is 1.22. The Morgan fingerprint density at radius 3 is 2.72 bits per heavy atom. The van der Waals surface area contributed by atoms with Gasteiger partial charge in [0, 0.05) is 0 Å². The van der Waals surface area contributed by atoms with Crippen LogP contribution in [0.4, 0.5) is 0 Å². The number of fused-ring (bicyclic) bond motifs is 2. The van der Waals surface area contributed by atoms with E-state index in [1.807, 2.05) is 11.9 Å². The van der Waals surface area contributed by atoms with Crippen molar-refractivity contribution < 1.29 is 14.0 Å². The fraction of sp³-hybridized carbons (Fsp3) is 0.667. The first kappa shape index (κ1) is 25.2. The van der Waals surface area contributed by atoms with Gasteiger partial charge in [-0.05, 0) is 78.9 Å². The summed E-state index contributed by atoms with van der Waals surface area (Å²) in [6, 6.07) is 8.94. The molecule has 1 N–H and O–H groups in total. The molecule has 0 amide bonds. The normalized spacial score (nSPS) is 37.6. The van der Waals surface area contributed by atoms with Crippen LogP contribution < -0.4 is 4.72 Å². The van der Waals surface area contributed by atoms with E-state index in [0.29, 0.717) is 22.5 Å². The lowest BCUT2D eigenvalue weighted by atomic mass is 9.47. The van der Waals surface area contributed by atoms with E-state index in [-0.39, 0.29) is 37.5 Å². The Hall–Kier alpha value is -1.05. The van der Waals surface area contributed by atoms with Crippen LogP contribution in [0, 0.1) is 17.3 Å². The Morgan fingerprint density at radius 1 is 1.19 bits per heavy atom. The van der Waals surface area contributed by atoms with Crippen molar-refractivity contribution in [1.29, 1.82) is 0 Å². The van der Waals surface area contributed by atoms with Crippen molar-refractivity contribution in [1.82, 2.24) is 4.72 Å². The van der Waals surface area contributed by atoms with E-state index in [1.165, 1.54) is 23.1 Å². The summed E-state index contributed by atoms with van der Waals surface area (Å²) in [6.07, 6.45) is 13.3. The minimum atomic E-state index is -0.219. The molecule has 9 atom stereocenters. The minimum Gasteiger partial charge on any atom is -0.405 e. The topological polar surface area (TPSA) is 39.7 Å². The molecular weight excluding hydrogens is 465 g/mol. The molecule has 0 spiro atoms. The van der Waals surface area contributed by atoms with E-state index in [2.05, 4.69) is 81.8 Å². The van der Waals surface area contributed by atoms with Gasteiger partial charge in [0.05, 0.1) is 35.6 Å². The maximum atomic E-state index is 6.80. The second-order valence-electron chi connectivity index (χ2n) is 12.3. The van der Waals surface area contributed by atoms with E-state index in [9.17, 15) is 0 Å². The third-order valence-corrected chi connectivity index (χ3v) is 11.2. The van der Waals surface area contributed by atoms with Crippen LogP contribution in [0.5, 0.6) is 0 Å². The molecule has 3 heterocycles. The second kappa shape index (κ2) is 9.92. The van der Waals surface area contributed by atoms with Crippen LogP contribution in [0.25, 0.3) is 5.57 Å². The maximum Gasteiger partial charge on any atom is 0.477 e. The number of hydrogen-bond acceptors (Lipinski definition) is 5. The molecule has 4 nitrogen and oxygen atoms in total. The number of allylic oxidation sites excluding steroid dienone is 1. The lowest BCUT2D eigenvalue weighted by Crippen LogP contribution is -2.59. The van der Waals surface area contributed by atoms with Gasteiger partial charge in [-0.2, -0.15) is 0 Å². The van der Waals surface area contributed by atoms with E-state index in [1.54, 1.807) is 0 Å². The fourth-order valence-corrected chi connectivity index (χ4v) is 8.45. The van der Waals surface area contributed by atoms with Crippen molar-refractivity contribution in [3.05, 3.63) is 53.6 Å². The first-order valence-electron chi connectivity index (χ1n) is 14.2. The Kier molecular flexibility index (Phi) is 6.96. The number of nitrogens with one attached hydrogen (secondary N) is 1. The van der Waals surface area contributed by atoms with Crippen LogP contribution in [0.3, 0.4) is 0 Å². The molecule has 3 saturated carbocycles. The Morgan fingerprint density at radius 2 is 2.03 bits per heavy atom. The predicted octanol–water partition coefficient (Wildman–Crippen LogP) is 6.57. The summed E-state index contributed by atoms with van der Waals surface area (Å²) in [6.45, 7) is 11.6. The van der Waals surface area contributed by atoms with Gasteiger partial charge in [-0.25, -0.2) is 0 Å². The highest BCUT2D eigenvalue weighted by Gasteiger charge is 2.62. The van der Waals surface area contributed by atoms with E-state index < -0.39 is 0 Å². The number of rotatable bonds is 9. The summed E-state index contributed by atoms with van der Waals surface area (Å²) in [7, 11) is -0.219.